The van der Waals surface area contributed by atoms with Crippen LogP contribution in [0.1, 0.15) is 0 Å². The lowest BCUT2D eigenvalue weighted by molar-refractivity contribution is 1.36. The van der Waals surface area contributed by atoms with Gasteiger partial charge < -0.3 is 0 Å². The van der Waals surface area contributed by atoms with Gasteiger partial charge in [0, 0.05) is 113 Å². The minimum absolute atomic E-state index is 0.906. The van der Waals surface area contributed by atoms with E-state index in [4.69, 9.17) is 24.9 Å². The third-order valence-electron chi connectivity index (χ3n) is 19.1. The van der Waals surface area contributed by atoms with Crippen LogP contribution in [0.15, 0.2) is 328 Å². The molecule has 0 saturated heterocycles. The number of aromatic nitrogens is 10. The molecule has 464 valence electrons. The van der Waals surface area contributed by atoms with E-state index in [0.29, 0.717) is 0 Å². The van der Waals surface area contributed by atoms with Crippen molar-refractivity contribution in [3.05, 3.63) is 328 Å². The Bertz CT molecular complexity index is 6650. The summed E-state index contributed by atoms with van der Waals surface area (Å²) in [6.07, 6.45) is 9.15. The third-order valence-corrected chi connectivity index (χ3v) is 19.1. The molecule has 0 aliphatic heterocycles. The molecule has 0 amide bonds. The Morgan fingerprint density at radius 1 is 0.160 bits per heavy atom. The maximum atomic E-state index is 5.14. The minimum atomic E-state index is 0.906. The summed E-state index contributed by atoms with van der Waals surface area (Å²) < 4.78 is 0. The van der Waals surface area contributed by atoms with Gasteiger partial charge in [-0.25, -0.2) is 24.9 Å². The van der Waals surface area contributed by atoms with Gasteiger partial charge >= 0.3 is 0 Å². The molecule has 0 aliphatic rings. The molecule has 10 heterocycles. The van der Waals surface area contributed by atoms with E-state index in [9.17, 15) is 0 Å². The average molecular weight is 1280 g/mol. The average Bonchev–Trinajstić information content (AvgIpc) is 0.792. The predicted octanol–water partition coefficient (Wildman–Crippen LogP) is 22.2. The standard InChI is InChI=1S/2C45H27N5/c1-5-32-6-2-22-46-43(32)37(8-1)40-21-19-31-15-17-34(27-42(31)50-40)39-20-18-30-14-16-33(26-41(30)49-39)28-10-12-29(13-11-28)38-25-35-7-3-23-47-44(35)45-36(38)9-4-24-48-45;1-4-32-5-2-24-46-43(32)37(7-1)40-23-19-31-13-17-36(27-42(31)49-40)39-21-18-30-12-16-35(26-41(30)48-39)28-8-10-29(11-9-28)38-22-20-34-15-14-33-6-3-25-47-44(33)45(34)50-38/h2*1-27H. The Morgan fingerprint density at radius 2 is 0.480 bits per heavy atom. The molecular formula is C90H54N10. The van der Waals surface area contributed by atoms with Gasteiger partial charge in [0.2, 0.25) is 0 Å². The molecule has 20 rings (SSSR count). The molecule has 0 saturated carbocycles. The lowest BCUT2D eigenvalue weighted by atomic mass is 9.95. The topological polar surface area (TPSA) is 129 Å². The van der Waals surface area contributed by atoms with E-state index in [2.05, 4.69) is 292 Å². The monoisotopic (exact) mass is 1270 g/mol. The smallest absolute Gasteiger partial charge is 0.0972 e. The van der Waals surface area contributed by atoms with Crippen LogP contribution in [0, 0.1) is 0 Å². The van der Waals surface area contributed by atoms with Crippen molar-refractivity contribution in [1.29, 1.82) is 0 Å². The Hall–Kier alpha value is -13.7. The van der Waals surface area contributed by atoms with Gasteiger partial charge in [-0.3, -0.25) is 24.9 Å². The fourth-order valence-corrected chi connectivity index (χ4v) is 14.0. The van der Waals surface area contributed by atoms with Crippen molar-refractivity contribution in [2.75, 3.05) is 0 Å². The molecule has 0 atom stereocenters. The zero-order valence-corrected chi connectivity index (χ0v) is 53.6. The quantitative estimate of drug-likeness (QED) is 0.136. The molecule has 10 aromatic carbocycles. The highest BCUT2D eigenvalue weighted by Gasteiger charge is 2.16. The van der Waals surface area contributed by atoms with Crippen molar-refractivity contribution in [2.24, 2.45) is 0 Å². The molecular weight excluding hydrogens is 1220 g/mol. The summed E-state index contributed by atoms with van der Waals surface area (Å²) in [7, 11) is 0. The van der Waals surface area contributed by atoms with E-state index in [1.165, 1.54) is 0 Å². The fraction of sp³-hybridized carbons (Fsp3) is 0. The van der Waals surface area contributed by atoms with Gasteiger partial charge in [-0.2, -0.15) is 0 Å². The second-order valence-electron chi connectivity index (χ2n) is 25.1. The maximum absolute atomic E-state index is 5.14. The zero-order valence-electron chi connectivity index (χ0n) is 53.6. The van der Waals surface area contributed by atoms with Crippen LogP contribution in [-0.4, -0.2) is 49.8 Å². The highest BCUT2D eigenvalue weighted by atomic mass is 14.8. The summed E-state index contributed by atoms with van der Waals surface area (Å²) in [5.74, 6) is 0. The van der Waals surface area contributed by atoms with Gasteiger partial charge in [0.25, 0.3) is 0 Å². The van der Waals surface area contributed by atoms with E-state index in [-0.39, 0.29) is 0 Å². The Morgan fingerprint density at radius 3 is 0.990 bits per heavy atom. The largest absolute Gasteiger partial charge is 0.256 e. The van der Waals surface area contributed by atoms with Crippen molar-refractivity contribution >= 4 is 109 Å². The van der Waals surface area contributed by atoms with Gasteiger partial charge in [0.15, 0.2) is 0 Å². The van der Waals surface area contributed by atoms with Gasteiger partial charge in [-0.15, -0.1) is 0 Å². The summed E-state index contributed by atoms with van der Waals surface area (Å²) in [5, 5.41) is 10.9. The molecule has 100 heavy (non-hydrogen) atoms. The van der Waals surface area contributed by atoms with E-state index in [0.717, 1.165) is 199 Å². The van der Waals surface area contributed by atoms with E-state index < -0.39 is 0 Å². The second-order valence-corrected chi connectivity index (χ2v) is 25.1. The first-order valence-corrected chi connectivity index (χ1v) is 33.3. The van der Waals surface area contributed by atoms with Crippen LogP contribution in [0.2, 0.25) is 0 Å². The summed E-state index contributed by atoms with van der Waals surface area (Å²) in [5.41, 5.74) is 25.9. The number of rotatable bonds is 8. The normalized spacial score (nSPS) is 11.6. The first kappa shape index (κ1) is 57.7. The van der Waals surface area contributed by atoms with Crippen LogP contribution >= 0.6 is 0 Å². The molecule has 10 nitrogen and oxygen atoms in total. The molecule has 10 heteroatoms. The van der Waals surface area contributed by atoms with Crippen LogP contribution in [0.4, 0.5) is 0 Å². The summed E-state index contributed by atoms with van der Waals surface area (Å²) in [6.45, 7) is 0. The molecule has 0 aliphatic carbocycles. The Balaban J connectivity index is 0.000000139. The van der Waals surface area contributed by atoms with Gasteiger partial charge in [0.1, 0.15) is 0 Å². The summed E-state index contributed by atoms with van der Waals surface area (Å²) >= 11 is 0. The number of benzene rings is 10. The van der Waals surface area contributed by atoms with Crippen molar-refractivity contribution in [3.8, 4) is 89.7 Å². The molecule has 20 aromatic rings. The SMILES string of the molecule is c1cnc2c(-c3ccc4ccc(-c5ccc6ccc(-c7ccc(-c8cc9cccnc9c9ncccc89)cc7)cc6n5)cc4n3)cccc2c1.c1cnc2c(-c3ccc4ccc(-c5ccc6ccc(-c7ccc(-c8ccc9ccc%10cccnc%10c9n8)cc7)cc6n5)cc4n3)cccc2c1. The summed E-state index contributed by atoms with van der Waals surface area (Å²) in [4.78, 5) is 48.6. The van der Waals surface area contributed by atoms with Gasteiger partial charge in [0.05, 0.1) is 83.6 Å². The lowest BCUT2D eigenvalue weighted by Gasteiger charge is -2.11. The zero-order chi connectivity index (χ0) is 66.0. The van der Waals surface area contributed by atoms with Crippen molar-refractivity contribution in [2.45, 2.75) is 0 Å². The van der Waals surface area contributed by atoms with Crippen LogP contribution in [0.3, 0.4) is 0 Å². The highest BCUT2D eigenvalue weighted by Crippen LogP contribution is 2.38. The number of para-hydroxylation sites is 2. The number of hydrogen-bond acceptors (Lipinski definition) is 10. The number of nitrogens with zero attached hydrogens (tertiary/aromatic N) is 10. The van der Waals surface area contributed by atoms with Crippen molar-refractivity contribution in [3.63, 3.8) is 0 Å². The van der Waals surface area contributed by atoms with E-state index >= 15 is 0 Å². The van der Waals surface area contributed by atoms with Gasteiger partial charge in [-0.1, -0.05) is 206 Å². The van der Waals surface area contributed by atoms with E-state index in [1.807, 2.05) is 61.3 Å². The number of fused-ring (bicyclic) bond motifs is 12. The van der Waals surface area contributed by atoms with Crippen LogP contribution in [-0.2, 0) is 0 Å². The fourth-order valence-electron chi connectivity index (χ4n) is 14.0. The van der Waals surface area contributed by atoms with Gasteiger partial charge in [-0.05, 0) is 124 Å². The molecule has 0 radical (unpaired) electrons. The third kappa shape index (κ3) is 10.6. The van der Waals surface area contributed by atoms with E-state index in [1.54, 1.807) is 0 Å². The molecule has 0 bridgehead atoms. The van der Waals surface area contributed by atoms with Crippen molar-refractivity contribution < 1.29 is 0 Å². The number of pyridine rings is 10. The van der Waals surface area contributed by atoms with Crippen LogP contribution < -0.4 is 0 Å². The molecule has 0 N–H and O–H groups in total. The lowest BCUT2D eigenvalue weighted by Crippen LogP contribution is -1.90. The van der Waals surface area contributed by atoms with Crippen molar-refractivity contribution in [1.82, 2.24) is 49.8 Å². The Labute approximate surface area is 573 Å². The summed E-state index contributed by atoms with van der Waals surface area (Å²) in [6, 6.07) is 103. The highest BCUT2D eigenvalue weighted by molar-refractivity contribution is 6.10. The first-order valence-electron chi connectivity index (χ1n) is 33.3. The molecule has 10 aromatic heterocycles. The molecule has 0 spiro atoms. The maximum Gasteiger partial charge on any atom is 0.0972 e. The molecule has 0 unspecified atom stereocenters. The first-order chi connectivity index (χ1) is 49.5. The van der Waals surface area contributed by atoms with Crippen LogP contribution in [0.5, 0.6) is 0 Å². The second kappa shape index (κ2) is 24.2. The predicted molar refractivity (Wildman–Crippen MR) is 409 cm³/mol. The number of hydrogen-bond donors (Lipinski definition) is 0. The minimum Gasteiger partial charge on any atom is -0.256 e. The van der Waals surface area contributed by atoms with Crippen LogP contribution in [0.25, 0.3) is 199 Å². The Kier molecular flexibility index (Phi) is 14.0. The molecule has 0 fully saturated rings.